The van der Waals surface area contributed by atoms with Crippen LogP contribution in [0.2, 0.25) is 0 Å². The van der Waals surface area contributed by atoms with Crippen molar-refractivity contribution in [2.75, 3.05) is 13.1 Å². The Hall–Kier alpha value is -1.78. The van der Waals surface area contributed by atoms with Crippen molar-refractivity contribution >= 4 is 0 Å². The highest BCUT2D eigenvalue weighted by Gasteiger charge is 2.16. The first-order chi connectivity index (χ1) is 9.86. The molecule has 0 saturated carbocycles. The zero-order valence-corrected chi connectivity index (χ0v) is 11.4. The quantitative estimate of drug-likeness (QED) is 0.896. The van der Waals surface area contributed by atoms with E-state index in [0.717, 1.165) is 35.6 Å². The van der Waals surface area contributed by atoms with E-state index in [2.05, 4.69) is 15.3 Å². The summed E-state index contributed by atoms with van der Waals surface area (Å²) in [6.07, 6.45) is 6.10. The second-order valence-corrected chi connectivity index (χ2v) is 5.23. The number of benzene rings is 1. The number of aromatic nitrogens is 2. The van der Waals surface area contributed by atoms with Crippen LogP contribution in [-0.2, 0) is 6.61 Å². The van der Waals surface area contributed by atoms with E-state index in [-0.39, 0.29) is 6.61 Å². The van der Waals surface area contributed by atoms with Gasteiger partial charge in [0.2, 0.25) is 0 Å². The topological polar surface area (TPSA) is 58.0 Å². The molecule has 1 aromatic heterocycles. The molecular weight excluding hydrogens is 250 g/mol. The molecule has 0 spiro atoms. The monoisotopic (exact) mass is 269 g/mol. The van der Waals surface area contributed by atoms with Crippen LogP contribution >= 0.6 is 0 Å². The molecule has 1 aliphatic heterocycles. The Morgan fingerprint density at radius 1 is 1.25 bits per heavy atom. The fourth-order valence-corrected chi connectivity index (χ4v) is 2.63. The standard InChI is InChI=1S/C16H19N3O/c20-11-12-3-1-4-13(7-12)15-9-19-16(10-18-15)14-5-2-6-17-8-14/h1,3-4,7,9-10,14,17,20H,2,5-6,8,11H2. The van der Waals surface area contributed by atoms with Gasteiger partial charge in [-0.05, 0) is 31.0 Å². The van der Waals surface area contributed by atoms with Crippen molar-refractivity contribution in [3.63, 3.8) is 0 Å². The highest BCUT2D eigenvalue weighted by atomic mass is 16.3. The lowest BCUT2D eigenvalue weighted by molar-refractivity contribution is 0.282. The summed E-state index contributed by atoms with van der Waals surface area (Å²) in [5, 5.41) is 12.6. The van der Waals surface area contributed by atoms with Gasteiger partial charge in [-0.25, -0.2) is 0 Å². The molecule has 104 valence electrons. The van der Waals surface area contributed by atoms with Crippen molar-refractivity contribution in [2.24, 2.45) is 0 Å². The number of aliphatic hydroxyl groups excluding tert-OH is 1. The van der Waals surface area contributed by atoms with Gasteiger partial charge in [-0.2, -0.15) is 0 Å². The van der Waals surface area contributed by atoms with Gasteiger partial charge < -0.3 is 10.4 Å². The van der Waals surface area contributed by atoms with Crippen LogP contribution < -0.4 is 5.32 Å². The van der Waals surface area contributed by atoms with Gasteiger partial charge in [0.1, 0.15) is 0 Å². The molecule has 1 aromatic carbocycles. The van der Waals surface area contributed by atoms with Gasteiger partial charge in [0.15, 0.2) is 0 Å². The molecule has 1 unspecified atom stereocenters. The normalized spacial score (nSPS) is 18.9. The number of hydrogen-bond acceptors (Lipinski definition) is 4. The predicted molar refractivity (Wildman–Crippen MR) is 78.2 cm³/mol. The van der Waals surface area contributed by atoms with Gasteiger partial charge in [-0.15, -0.1) is 0 Å². The van der Waals surface area contributed by atoms with Crippen molar-refractivity contribution in [3.05, 3.63) is 47.9 Å². The maximum atomic E-state index is 9.18. The smallest absolute Gasteiger partial charge is 0.0885 e. The van der Waals surface area contributed by atoms with E-state index in [1.807, 2.05) is 36.7 Å². The Kier molecular flexibility index (Phi) is 4.04. The van der Waals surface area contributed by atoms with Crippen molar-refractivity contribution in [3.8, 4) is 11.3 Å². The fraction of sp³-hybridized carbons (Fsp3) is 0.375. The summed E-state index contributed by atoms with van der Waals surface area (Å²) in [6, 6.07) is 7.78. The molecule has 0 bridgehead atoms. The van der Waals surface area contributed by atoms with E-state index in [4.69, 9.17) is 0 Å². The third-order valence-electron chi connectivity index (χ3n) is 3.79. The fourth-order valence-electron chi connectivity index (χ4n) is 2.63. The van der Waals surface area contributed by atoms with Crippen LogP contribution in [0, 0.1) is 0 Å². The van der Waals surface area contributed by atoms with E-state index >= 15 is 0 Å². The number of aliphatic hydroxyl groups is 1. The Balaban J connectivity index is 1.81. The molecule has 0 amide bonds. The number of nitrogens with zero attached hydrogens (tertiary/aromatic N) is 2. The molecule has 0 radical (unpaired) electrons. The Bertz CT molecular complexity index is 562. The van der Waals surface area contributed by atoms with Crippen LogP contribution in [0.1, 0.15) is 30.0 Å². The Labute approximate surface area is 118 Å². The lowest BCUT2D eigenvalue weighted by Gasteiger charge is -2.21. The number of piperidine rings is 1. The lowest BCUT2D eigenvalue weighted by atomic mass is 9.96. The first-order valence-electron chi connectivity index (χ1n) is 7.09. The number of nitrogens with one attached hydrogen (secondary N) is 1. The molecule has 4 heteroatoms. The Morgan fingerprint density at radius 2 is 2.20 bits per heavy atom. The molecule has 1 fully saturated rings. The average Bonchev–Trinajstić information content (AvgIpc) is 2.56. The van der Waals surface area contributed by atoms with E-state index in [1.54, 1.807) is 0 Å². The molecule has 1 saturated heterocycles. The van der Waals surface area contributed by atoms with E-state index in [9.17, 15) is 5.11 Å². The summed E-state index contributed by atoms with van der Waals surface area (Å²) < 4.78 is 0. The summed E-state index contributed by atoms with van der Waals surface area (Å²) >= 11 is 0. The van der Waals surface area contributed by atoms with Gasteiger partial charge in [0, 0.05) is 24.2 Å². The van der Waals surface area contributed by atoms with Crippen molar-refractivity contribution in [1.82, 2.24) is 15.3 Å². The van der Waals surface area contributed by atoms with Crippen LogP contribution in [0.5, 0.6) is 0 Å². The summed E-state index contributed by atoms with van der Waals surface area (Å²) in [6.45, 7) is 2.15. The molecule has 4 nitrogen and oxygen atoms in total. The number of hydrogen-bond donors (Lipinski definition) is 2. The SMILES string of the molecule is OCc1cccc(-c2cnc(C3CCCNC3)cn2)c1. The maximum absolute atomic E-state index is 9.18. The first kappa shape index (κ1) is 13.2. The molecule has 20 heavy (non-hydrogen) atoms. The third-order valence-corrected chi connectivity index (χ3v) is 3.79. The van der Waals surface area contributed by atoms with Gasteiger partial charge in [0.25, 0.3) is 0 Å². The predicted octanol–water partition coefficient (Wildman–Crippen LogP) is 2.10. The zero-order chi connectivity index (χ0) is 13.8. The molecule has 2 aromatic rings. The van der Waals surface area contributed by atoms with E-state index < -0.39 is 0 Å². The first-order valence-corrected chi connectivity index (χ1v) is 7.09. The minimum Gasteiger partial charge on any atom is -0.392 e. The molecule has 1 aliphatic rings. The number of rotatable bonds is 3. The highest BCUT2D eigenvalue weighted by molar-refractivity contribution is 5.58. The largest absolute Gasteiger partial charge is 0.392 e. The summed E-state index contributed by atoms with van der Waals surface area (Å²) in [5.41, 5.74) is 3.81. The molecule has 2 heterocycles. The van der Waals surface area contributed by atoms with E-state index in [1.165, 1.54) is 12.8 Å². The van der Waals surface area contributed by atoms with E-state index in [0.29, 0.717) is 5.92 Å². The van der Waals surface area contributed by atoms with Gasteiger partial charge >= 0.3 is 0 Å². The minimum absolute atomic E-state index is 0.0487. The molecule has 0 aliphatic carbocycles. The Morgan fingerprint density at radius 3 is 2.90 bits per heavy atom. The second kappa shape index (κ2) is 6.11. The molecule has 2 N–H and O–H groups in total. The average molecular weight is 269 g/mol. The molecule has 3 rings (SSSR count). The summed E-state index contributed by atoms with van der Waals surface area (Å²) in [5.74, 6) is 0.481. The lowest BCUT2D eigenvalue weighted by Crippen LogP contribution is -2.28. The third kappa shape index (κ3) is 2.86. The van der Waals surface area contributed by atoms with Crippen LogP contribution in [-0.4, -0.2) is 28.2 Å². The van der Waals surface area contributed by atoms with Crippen molar-refractivity contribution < 1.29 is 5.11 Å². The van der Waals surface area contributed by atoms with Crippen LogP contribution in [0.4, 0.5) is 0 Å². The molecule has 1 atom stereocenters. The van der Waals surface area contributed by atoms with Crippen LogP contribution in [0.25, 0.3) is 11.3 Å². The van der Waals surface area contributed by atoms with Crippen LogP contribution in [0.15, 0.2) is 36.7 Å². The highest BCUT2D eigenvalue weighted by Crippen LogP contribution is 2.23. The van der Waals surface area contributed by atoms with Gasteiger partial charge in [-0.1, -0.05) is 18.2 Å². The molecular formula is C16H19N3O. The van der Waals surface area contributed by atoms with Gasteiger partial charge in [0.05, 0.1) is 24.2 Å². The second-order valence-electron chi connectivity index (χ2n) is 5.23. The zero-order valence-electron chi connectivity index (χ0n) is 11.4. The van der Waals surface area contributed by atoms with Crippen molar-refractivity contribution in [2.45, 2.75) is 25.4 Å². The summed E-state index contributed by atoms with van der Waals surface area (Å²) in [4.78, 5) is 9.10. The van der Waals surface area contributed by atoms with Gasteiger partial charge in [-0.3, -0.25) is 9.97 Å². The summed E-state index contributed by atoms with van der Waals surface area (Å²) in [7, 11) is 0. The van der Waals surface area contributed by atoms with Crippen molar-refractivity contribution in [1.29, 1.82) is 0 Å². The minimum atomic E-state index is 0.0487. The maximum Gasteiger partial charge on any atom is 0.0885 e. The van der Waals surface area contributed by atoms with Crippen LogP contribution in [0.3, 0.4) is 0 Å².